The molecule has 0 saturated heterocycles. The van der Waals surface area contributed by atoms with Crippen LogP contribution in [0.1, 0.15) is 31.3 Å². The van der Waals surface area contributed by atoms with Crippen LogP contribution < -0.4 is 5.32 Å². The van der Waals surface area contributed by atoms with Crippen molar-refractivity contribution in [2.75, 3.05) is 11.9 Å². The normalized spacial score (nSPS) is 11.1. The fourth-order valence-electron chi connectivity index (χ4n) is 3.63. The summed E-state index contributed by atoms with van der Waals surface area (Å²) < 4.78 is 10.7. The van der Waals surface area contributed by atoms with Crippen LogP contribution >= 0.6 is 23.2 Å². The van der Waals surface area contributed by atoms with Crippen molar-refractivity contribution in [1.29, 1.82) is 0 Å². The second kappa shape index (κ2) is 10.5. The van der Waals surface area contributed by atoms with Crippen molar-refractivity contribution in [2.24, 2.45) is 5.92 Å². The van der Waals surface area contributed by atoms with E-state index in [9.17, 15) is 14.4 Å². The maximum Gasteiger partial charge on any atom is 0.303 e. The van der Waals surface area contributed by atoms with E-state index in [1.165, 1.54) is 6.92 Å². The van der Waals surface area contributed by atoms with Crippen molar-refractivity contribution in [1.82, 2.24) is 4.98 Å². The third kappa shape index (κ3) is 5.27. The number of anilines is 1. The standard InChI is InChI=1S/C27H22Cl2N2O5/c1-14(2)25(34)26-24(30-22(33)13-35-15(3)32)20-12-19(16-8-10-17(28)11-9-16)23(31-27(20)36-26)18-6-4-5-7-21(18)29/h4-12,14H,13H2,1-3H3,(H,30,33). The van der Waals surface area contributed by atoms with Crippen molar-refractivity contribution in [3.63, 3.8) is 0 Å². The summed E-state index contributed by atoms with van der Waals surface area (Å²) >= 11 is 12.6. The summed E-state index contributed by atoms with van der Waals surface area (Å²) in [7, 11) is 0. The van der Waals surface area contributed by atoms with Gasteiger partial charge in [0, 0.05) is 34.0 Å². The first kappa shape index (κ1) is 25.4. The molecular formula is C27H22Cl2N2O5. The molecule has 0 aliphatic rings. The molecule has 1 amide bonds. The Morgan fingerprint density at radius 1 is 1.03 bits per heavy atom. The number of pyridine rings is 1. The molecule has 4 rings (SSSR count). The van der Waals surface area contributed by atoms with Gasteiger partial charge in [-0.1, -0.05) is 67.4 Å². The van der Waals surface area contributed by atoms with Gasteiger partial charge in [-0.2, -0.15) is 0 Å². The van der Waals surface area contributed by atoms with Crippen LogP contribution in [0, 0.1) is 5.92 Å². The van der Waals surface area contributed by atoms with Gasteiger partial charge in [0.2, 0.25) is 11.5 Å². The smallest absolute Gasteiger partial charge is 0.303 e. The lowest BCUT2D eigenvalue weighted by molar-refractivity contribution is -0.144. The van der Waals surface area contributed by atoms with Crippen LogP contribution in [-0.4, -0.2) is 29.3 Å². The largest absolute Gasteiger partial charge is 0.456 e. The number of nitrogens with one attached hydrogen (secondary N) is 1. The van der Waals surface area contributed by atoms with E-state index in [1.807, 2.05) is 30.3 Å². The van der Waals surface area contributed by atoms with Crippen LogP contribution in [0.25, 0.3) is 33.5 Å². The summed E-state index contributed by atoms with van der Waals surface area (Å²) in [5.74, 6) is -1.98. The van der Waals surface area contributed by atoms with E-state index in [1.54, 1.807) is 38.1 Å². The van der Waals surface area contributed by atoms with E-state index in [0.717, 1.165) is 5.56 Å². The number of esters is 1. The lowest BCUT2D eigenvalue weighted by Crippen LogP contribution is -2.21. The first-order valence-corrected chi connectivity index (χ1v) is 11.9. The molecule has 0 spiro atoms. The average Bonchev–Trinajstić information content (AvgIpc) is 3.19. The number of furan rings is 1. The molecule has 0 aliphatic carbocycles. The molecule has 36 heavy (non-hydrogen) atoms. The molecule has 2 aromatic heterocycles. The number of ether oxygens (including phenoxy) is 1. The fourth-order valence-corrected chi connectivity index (χ4v) is 3.99. The Labute approximate surface area is 217 Å². The summed E-state index contributed by atoms with van der Waals surface area (Å²) in [6.45, 7) is 4.14. The van der Waals surface area contributed by atoms with E-state index in [4.69, 9.17) is 37.3 Å². The van der Waals surface area contributed by atoms with Gasteiger partial charge in [0.15, 0.2) is 12.4 Å². The summed E-state index contributed by atoms with van der Waals surface area (Å²) in [6, 6.07) is 16.2. The zero-order valence-corrected chi connectivity index (χ0v) is 21.2. The first-order valence-electron chi connectivity index (χ1n) is 11.1. The van der Waals surface area contributed by atoms with Gasteiger partial charge in [-0.3, -0.25) is 14.4 Å². The van der Waals surface area contributed by atoms with Crippen molar-refractivity contribution in [3.05, 3.63) is 70.4 Å². The number of benzene rings is 2. The number of nitrogens with zero attached hydrogens (tertiary/aromatic N) is 1. The Morgan fingerprint density at radius 2 is 1.72 bits per heavy atom. The third-order valence-corrected chi connectivity index (χ3v) is 5.97. The number of Topliss-reactive ketones (excluding diaryl/α,β-unsaturated/α-hetero) is 1. The number of carbonyl (C=O) groups excluding carboxylic acids is 3. The van der Waals surface area contributed by atoms with Crippen molar-refractivity contribution < 1.29 is 23.5 Å². The monoisotopic (exact) mass is 524 g/mol. The lowest BCUT2D eigenvalue weighted by atomic mass is 9.97. The molecule has 0 unspecified atom stereocenters. The van der Waals surface area contributed by atoms with E-state index < -0.39 is 24.4 Å². The van der Waals surface area contributed by atoms with Gasteiger partial charge in [-0.25, -0.2) is 4.98 Å². The predicted molar refractivity (Wildman–Crippen MR) is 139 cm³/mol. The maximum absolute atomic E-state index is 13.0. The molecule has 2 heterocycles. The number of hydrogen-bond donors (Lipinski definition) is 1. The van der Waals surface area contributed by atoms with Crippen molar-refractivity contribution in [3.8, 4) is 22.4 Å². The highest BCUT2D eigenvalue weighted by molar-refractivity contribution is 6.33. The number of ketones is 1. The fraction of sp³-hybridized carbons (Fsp3) is 0.185. The summed E-state index contributed by atoms with van der Waals surface area (Å²) in [6.07, 6.45) is 0. The Bertz CT molecular complexity index is 1480. The summed E-state index contributed by atoms with van der Waals surface area (Å²) in [4.78, 5) is 41.4. The highest BCUT2D eigenvalue weighted by Crippen LogP contribution is 2.41. The number of amides is 1. The van der Waals surface area contributed by atoms with Crippen LogP contribution in [0.2, 0.25) is 10.0 Å². The Morgan fingerprint density at radius 3 is 2.36 bits per heavy atom. The van der Waals surface area contributed by atoms with E-state index in [0.29, 0.717) is 32.3 Å². The zero-order chi connectivity index (χ0) is 26.0. The van der Waals surface area contributed by atoms with Gasteiger partial charge in [0.25, 0.3) is 5.91 Å². The van der Waals surface area contributed by atoms with Crippen molar-refractivity contribution in [2.45, 2.75) is 20.8 Å². The number of fused-ring (bicyclic) bond motifs is 1. The van der Waals surface area contributed by atoms with Crippen LogP contribution in [0.15, 0.2) is 59.0 Å². The molecule has 0 bridgehead atoms. The van der Waals surface area contributed by atoms with Crippen LogP contribution in [0.5, 0.6) is 0 Å². The summed E-state index contributed by atoms with van der Waals surface area (Å²) in [5, 5.41) is 4.13. The molecule has 7 nitrogen and oxygen atoms in total. The molecule has 2 aromatic carbocycles. The SMILES string of the molecule is CC(=O)OCC(=O)Nc1c(C(=O)C(C)C)oc2nc(-c3ccccc3Cl)c(-c3ccc(Cl)cc3)cc12. The van der Waals surface area contributed by atoms with Gasteiger partial charge in [-0.05, 0) is 29.8 Å². The highest BCUT2D eigenvalue weighted by Gasteiger charge is 2.27. The maximum atomic E-state index is 13.0. The number of halogens is 2. The predicted octanol–water partition coefficient (Wildman–Crippen LogP) is 6.81. The second-order valence-electron chi connectivity index (χ2n) is 8.38. The Kier molecular flexibility index (Phi) is 7.43. The molecule has 0 fully saturated rings. The van der Waals surface area contributed by atoms with Crippen LogP contribution in [0.4, 0.5) is 5.69 Å². The van der Waals surface area contributed by atoms with Crippen LogP contribution in [-0.2, 0) is 14.3 Å². The van der Waals surface area contributed by atoms with E-state index >= 15 is 0 Å². The highest BCUT2D eigenvalue weighted by atomic mass is 35.5. The third-order valence-electron chi connectivity index (χ3n) is 5.39. The minimum Gasteiger partial charge on any atom is -0.456 e. The summed E-state index contributed by atoms with van der Waals surface area (Å²) in [5.41, 5.74) is 2.99. The van der Waals surface area contributed by atoms with Gasteiger partial charge in [-0.15, -0.1) is 0 Å². The van der Waals surface area contributed by atoms with Gasteiger partial charge in [0.1, 0.15) is 5.69 Å². The first-order chi connectivity index (χ1) is 17.2. The van der Waals surface area contributed by atoms with Gasteiger partial charge >= 0.3 is 5.97 Å². The number of carbonyl (C=O) groups is 3. The number of aromatic nitrogens is 1. The number of rotatable bonds is 7. The topological polar surface area (TPSA) is 98.5 Å². The minimum absolute atomic E-state index is 0.0398. The molecule has 0 radical (unpaired) electrons. The molecule has 0 aliphatic heterocycles. The molecule has 184 valence electrons. The molecule has 9 heteroatoms. The molecule has 4 aromatic rings. The zero-order valence-electron chi connectivity index (χ0n) is 19.7. The molecule has 1 N–H and O–H groups in total. The minimum atomic E-state index is -0.617. The quantitative estimate of drug-likeness (QED) is 0.210. The molecule has 0 saturated carbocycles. The second-order valence-corrected chi connectivity index (χ2v) is 9.22. The van der Waals surface area contributed by atoms with Gasteiger partial charge in [0.05, 0.1) is 11.1 Å². The molecule has 0 atom stereocenters. The molecular weight excluding hydrogens is 503 g/mol. The van der Waals surface area contributed by atoms with E-state index in [2.05, 4.69) is 5.32 Å². The lowest BCUT2D eigenvalue weighted by Gasteiger charge is -2.12. The van der Waals surface area contributed by atoms with E-state index in [-0.39, 0.29) is 22.9 Å². The Hall–Kier alpha value is -3.68. The average molecular weight is 525 g/mol. The van der Waals surface area contributed by atoms with Crippen LogP contribution in [0.3, 0.4) is 0 Å². The number of hydrogen-bond acceptors (Lipinski definition) is 6. The van der Waals surface area contributed by atoms with Gasteiger partial charge < -0.3 is 14.5 Å². The van der Waals surface area contributed by atoms with Crippen molar-refractivity contribution >= 4 is 57.6 Å². The Balaban J connectivity index is 1.97.